The summed E-state index contributed by atoms with van der Waals surface area (Å²) in [5, 5.41) is 10.2. The van der Waals surface area contributed by atoms with E-state index in [4.69, 9.17) is 16.6 Å². The van der Waals surface area contributed by atoms with Crippen molar-refractivity contribution in [3.05, 3.63) is 70.1 Å². The maximum absolute atomic E-state index is 6.29. The summed E-state index contributed by atoms with van der Waals surface area (Å²) in [6.45, 7) is 5.04. The molecule has 0 aliphatic carbocycles. The van der Waals surface area contributed by atoms with Crippen LogP contribution in [0.2, 0.25) is 5.02 Å². The maximum Gasteiger partial charge on any atom is 0.206 e. The monoisotopic (exact) mass is 369 g/mol. The lowest BCUT2D eigenvalue weighted by atomic mass is 10.1. The van der Waals surface area contributed by atoms with Gasteiger partial charge in [0, 0.05) is 22.5 Å². The van der Waals surface area contributed by atoms with E-state index < -0.39 is 0 Å². The zero-order valence-electron chi connectivity index (χ0n) is 14.3. The number of hydrogen-bond acceptors (Lipinski definition) is 4. The second kappa shape index (κ2) is 8.28. The lowest BCUT2D eigenvalue weighted by Gasteiger charge is -2.14. The summed E-state index contributed by atoms with van der Waals surface area (Å²) >= 11 is 7.87. The molecule has 5 heteroatoms. The van der Waals surface area contributed by atoms with E-state index in [0.29, 0.717) is 5.02 Å². The number of hydrazone groups is 1. The zero-order valence-corrected chi connectivity index (χ0v) is 15.9. The number of anilines is 1. The molecule has 0 atom stereocenters. The molecular formula is C20H20ClN3S. The first-order valence-electron chi connectivity index (χ1n) is 8.26. The molecular weight excluding hydrogens is 350 g/mol. The largest absolute Gasteiger partial charge is 0.239 e. The van der Waals surface area contributed by atoms with Crippen molar-refractivity contribution in [2.24, 2.45) is 5.10 Å². The van der Waals surface area contributed by atoms with Crippen molar-refractivity contribution in [1.82, 2.24) is 4.98 Å². The Morgan fingerprint density at radius 1 is 1.16 bits per heavy atom. The number of thiazole rings is 1. The number of nitrogens with zero attached hydrogens (tertiary/aromatic N) is 3. The normalized spacial score (nSPS) is 11.2. The minimum absolute atomic E-state index is 0.713. The molecule has 3 nitrogen and oxygen atoms in total. The van der Waals surface area contributed by atoms with E-state index in [1.807, 2.05) is 53.0 Å². The van der Waals surface area contributed by atoms with Gasteiger partial charge in [-0.2, -0.15) is 5.10 Å². The summed E-state index contributed by atoms with van der Waals surface area (Å²) < 4.78 is 0. The van der Waals surface area contributed by atoms with E-state index in [0.717, 1.165) is 34.9 Å². The van der Waals surface area contributed by atoms with Gasteiger partial charge in [-0.15, -0.1) is 11.3 Å². The van der Waals surface area contributed by atoms with Gasteiger partial charge >= 0.3 is 0 Å². The van der Waals surface area contributed by atoms with E-state index in [1.165, 1.54) is 5.56 Å². The molecule has 0 aliphatic heterocycles. The predicted molar refractivity (Wildman–Crippen MR) is 109 cm³/mol. The number of hydrogen-bond donors (Lipinski definition) is 0. The highest BCUT2D eigenvalue weighted by Gasteiger charge is 2.12. The Hall–Kier alpha value is -2.17. The Bertz CT molecular complexity index is 873. The number of rotatable bonds is 6. The first-order chi connectivity index (χ1) is 12.2. The van der Waals surface area contributed by atoms with Gasteiger partial charge in [0.15, 0.2) is 0 Å². The molecule has 0 saturated carbocycles. The minimum atomic E-state index is 0.713. The Balaban J connectivity index is 1.87. The summed E-state index contributed by atoms with van der Waals surface area (Å²) in [5.74, 6) is 0. The molecule has 2 aromatic carbocycles. The number of aryl methyl sites for hydroxylation is 1. The van der Waals surface area contributed by atoms with Crippen molar-refractivity contribution in [3.63, 3.8) is 0 Å². The molecule has 0 fully saturated rings. The Labute approximate surface area is 157 Å². The van der Waals surface area contributed by atoms with E-state index in [1.54, 1.807) is 11.3 Å². The molecule has 25 heavy (non-hydrogen) atoms. The maximum atomic E-state index is 6.29. The predicted octanol–water partition coefficient (Wildman–Crippen LogP) is 6.02. The minimum Gasteiger partial charge on any atom is -0.239 e. The van der Waals surface area contributed by atoms with Gasteiger partial charge in [0.25, 0.3) is 0 Å². The van der Waals surface area contributed by atoms with Gasteiger partial charge < -0.3 is 0 Å². The second-order valence-corrected chi connectivity index (χ2v) is 6.96. The van der Waals surface area contributed by atoms with Gasteiger partial charge in [-0.1, -0.05) is 61.0 Å². The molecule has 0 N–H and O–H groups in total. The summed E-state index contributed by atoms with van der Waals surface area (Å²) in [6, 6.07) is 16.0. The van der Waals surface area contributed by atoms with E-state index in [2.05, 4.69) is 31.1 Å². The molecule has 0 saturated heterocycles. The number of halogens is 1. The fourth-order valence-corrected chi connectivity index (χ4v) is 3.49. The van der Waals surface area contributed by atoms with E-state index in [-0.39, 0.29) is 0 Å². The van der Waals surface area contributed by atoms with Crippen LogP contribution < -0.4 is 5.01 Å². The van der Waals surface area contributed by atoms with Crippen LogP contribution >= 0.6 is 22.9 Å². The molecule has 0 aliphatic rings. The molecule has 1 heterocycles. The lowest BCUT2D eigenvalue weighted by molar-refractivity contribution is 0.805. The molecule has 3 rings (SSSR count). The third-order valence-electron chi connectivity index (χ3n) is 3.82. The SMILES string of the molecule is CCCN(/N=C/c1ccccc1C)c1nc(-c2ccccc2Cl)cs1. The van der Waals surface area contributed by atoms with E-state index >= 15 is 0 Å². The van der Waals surface area contributed by atoms with E-state index in [9.17, 15) is 0 Å². The molecule has 0 amide bonds. The topological polar surface area (TPSA) is 28.5 Å². The van der Waals surface area contributed by atoms with Crippen LogP contribution in [0.1, 0.15) is 24.5 Å². The van der Waals surface area contributed by atoms with Crippen LogP contribution in [0, 0.1) is 6.92 Å². The summed E-state index contributed by atoms with van der Waals surface area (Å²) in [4.78, 5) is 4.74. The molecule has 1 aromatic heterocycles. The van der Waals surface area contributed by atoms with Crippen LogP contribution in [-0.4, -0.2) is 17.7 Å². The zero-order chi connectivity index (χ0) is 17.6. The van der Waals surface area contributed by atoms with Crippen molar-refractivity contribution >= 4 is 34.3 Å². The quantitative estimate of drug-likeness (QED) is 0.392. The second-order valence-electron chi connectivity index (χ2n) is 5.72. The van der Waals surface area contributed by atoms with Gasteiger partial charge in [-0.05, 0) is 30.5 Å². The molecule has 3 aromatic rings. The molecule has 0 unspecified atom stereocenters. The molecule has 0 spiro atoms. The first-order valence-corrected chi connectivity index (χ1v) is 9.52. The van der Waals surface area contributed by atoms with Crippen molar-refractivity contribution < 1.29 is 0 Å². The standard InChI is InChI=1S/C20H20ClN3S/c1-3-12-24(22-13-16-9-5-4-8-15(16)2)20-23-19(14-25-20)17-10-6-7-11-18(17)21/h4-11,13-14H,3,12H2,1-2H3/b22-13+. The highest BCUT2D eigenvalue weighted by molar-refractivity contribution is 7.14. The van der Waals surface area contributed by atoms with Crippen LogP contribution in [0.4, 0.5) is 5.13 Å². The third-order valence-corrected chi connectivity index (χ3v) is 5.01. The van der Waals surface area contributed by atoms with Gasteiger partial charge in [0.05, 0.1) is 11.9 Å². The van der Waals surface area contributed by atoms with Crippen molar-refractivity contribution in [3.8, 4) is 11.3 Å². The van der Waals surface area contributed by atoms with Crippen LogP contribution in [0.25, 0.3) is 11.3 Å². The smallest absolute Gasteiger partial charge is 0.206 e. The number of aromatic nitrogens is 1. The Morgan fingerprint density at radius 2 is 1.92 bits per heavy atom. The highest BCUT2D eigenvalue weighted by Crippen LogP contribution is 2.31. The van der Waals surface area contributed by atoms with Crippen LogP contribution in [-0.2, 0) is 0 Å². The van der Waals surface area contributed by atoms with Gasteiger partial charge in [-0.25, -0.2) is 9.99 Å². The summed E-state index contributed by atoms with van der Waals surface area (Å²) in [6.07, 6.45) is 2.90. The third kappa shape index (κ3) is 4.27. The van der Waals surface area contributed by atoms with Crippen molar-refractivity contribution in [1.29, 1.82) is 0 Å². The van der Waals surface area contributed by atoms with Gasteiger partial charge in [-0.3, -0.25) is 0 Å². The lowest BCUT2D eigenvalue weighted by Crippen LogP contribution is -2.17. The summed E-state index contributed by atoms with van der Waals surface area (Å²) in [7, 11) is 0. The first kappa shape index (κ1) is 17.6. The van der Waals surface area contributed by atoms with Crippen LogP contribution in [0.3, 0.4) is 0 Å². The van der Waals surface area contributed by atoms with Gasteiger partial charge in [0.2, 0.25) is 5.13 Å². The van der Waals surface area contributed by atoms with Gasteiger partial charge in [0.1, 0.15) is 0 Å². The highest BCUT2D eigenvalue weighted by atomic mass is 35.5. The fraction of sp³-hybridized carbons (Fsp3) is 0.200. The Kier molecular flexibility index (Phi) is 5.84. The molecule has 0 bridgehead atoms. The molecule has 128 valence electrons. The fourth-order valence-electron chi connectivity index (χ4n) is 2.45. The van der Waals surface area contributed by atoms with Crippen LogP contribution in [0.15, 0.2) is 59.0 Å². The molecule has 0 radical (unpaired) electrons. The average molecular weight is 370 g/mol. The Morgan fingerprint density at radius 3 is 2.68 bits per heavy atom. The van der Waals surface area contributed by atoms with Crippen molar-refractivity contribution in [2.75, 3.05) is 11.6 Å². The average Bonchev–Trinajstić information content (AvgIpc) is 3.10. The van der Waals surface area contributed by atoms with Crippen LogP contribution in [0.5, 0.6) is 0 Å². The van der Waals surface area contributed by atoms with Crippen molar-refractivity contribution in [2.45, 2.75) is 20.3 Å². The number of benzene rings is 2. The summed E-state index contributed by atoms with van der Waals surface area (Å²) in [5.41, 5.74) is 4.16.